The Hall–Kier alpha value is -2.47. The number of nitrogens with one attached hydrogen (secondary N) is 1. The Morgan fingerprint density at radius 1 is 1.12 bits per heavy atom. The van der Waals surface area contributed by atoms with Gasteiger partial charge < -0.3 is 14.6 Å². The third-order valence-corrected chi connectivity index (χ3v) is 4.05. The molecule has 3 rings (SSSR count). The molecule has 0 fully saturated rings. The molecule has 2 aromatic carbocycles. The third-order valence-electron chi connectivity index (χ3n) is 4.05. The first-order valence-electron chi connectivity index (χ1n) is 7.73. The Bertz CT molecular complexity index is 815. The molecular formula is C18H19F2N3O. The minimum atomic E-state index is -2.80. The lowest BCUT2D eigenvalue weighted by Crippen LogP contribution is -2.20. The molecule has 24 heavy (non-hydrogen) atoms. The van der Waals surface area contributed by atoms with Gasteiger partial charge in [0.25, 0.3) is 0 Å². The number of halogens is 2. The molecule has 0 amide bonds. The van der Waals surface area contributed by atoms with E-state index < -0.39 is 6.61 Å². The van der Waals surface area contributed by atoms with Gasteiger partial charge in [-0.3, -0.25) is 0 Å². The van der Waals surface area contributed by atoms with Gasteiger partial charge in [-0.15, -0.1) is 0 Å². The Kier molecular flexibility index (Phi) is 4.76. The number of imidazole rings is 1. The van der Waals surface area contributed by atoms with E-state index in [9.17, 15) is 8.78 Å². The highest BCUT2D eigenvalue weighted by Crippen LogP contribution is 2.20. The van der Waals surface area contributed by atoms with Gasteiger partial charge in [0.2, 0.25) is 0 Å². The molecule has 1 heterocycles. The van der Waals surface area contributed by atoms with E-state index >= 15 is 0 Å². The summed E-state index contributed by atoms with van der Waals surface area (Å²) < 4.78 is 30.8. The number of ether oxygens (including phenoxy) is 1. The second-order valence-electron chi connectivity index (χ2n) is 5.63. The van der Waals surface area contributed by atoms with Crippen LogP contribution in [0, 0.1) is 0 Å². The van der Waals surface area contributed by atoms with E-state index in [0.29, 0.717) is 6.54 Å². The average molecular weight is 331 g/mol. The van der Waals surface area contributed by atoms with Crippen molar-refractivity contribution in [3.8, 4) is 5.75 Å². The topological polar surface area (TPSA) is 39.1 Å². The second-order valence-corrected chi connectivity index (χ2v) is 5.63. The van der Waals surface area contributed by atoms with Crippen molar-refractivity contribution in [2.24, 2.45) is 7.05 Å². The molecule has 0 radical (unpaired) electrons. The molecule has 3 aromatic rings. The summed E-state index contributed by atoms with van der Waals surface area (Å²) in [6.45, 7) is -0.170. The van der Waals surface area contributed by atoms with E-state index in [1.165, 1.54) is 0 Å². The van der Waals surface area contributed by atoms with E-state index in [4.69, 9.17) is 0 Å². The molecule has 126 valence electrons. The van der Waals surface area contributed by atoms with Crippen molar-refractivity contribution in [1.29, 1.82) is 0 Å². The molecule has 0 aliphatic rings. The summed E-state index contributed by atoms with van der Waals surface area (Å²) in [6, 6.07) is 14.7. The van der Waals surface area contributed by atoms with Crippen molar-refractivity contribution in [2.75, 3.05) is 0 Å². The Labute approximate surface area is 139 Å². The zero-order valence-electron chi connectivity index (χ0n) is 13.5. The fraction of sp³-hybridized carbons (Fsp3) is 0.278. The van der Waals surface area contributed by atoms with E-state index in [0.717, 1.165) is 22.4 Å². The average Bonchev–Trinajstić information content (AvgIpc) is 2.89. The number of rotatable bonds is 6. The first-order chi connectivity index (χ1) is 11.5. The molecular weight excluding hydrogens is 312 g/mol. The van der Waals surface area contributed by atoms with Gasteiger partial charge in [-0.2, -0.15) is 8.78 Å². The maximum atomic E-state index is 12.2. The summed E-state index contributed by atoms with van der Waals surface area (Å²) >= 11 is 0. The lowest BCUT2D eigenvalue weighted by atomic mass is 10.1. The molecule has 0 bridgehead atoms. The van der Waals surface area contributed by atoms with Crippen molar-refractivity contribution in [3.05, 3.63) is 59.9 Å². The predicted octanol–water partition coefficient (Wildman–Crippen LogP) is 4.03. The quantitative estimate of drug-likeness (QED) is 0.741. The number of hydrogen-bond acceptors (Lipinski definition) is 3. The fourth-order valence-corrected chi connectivity index (χ4v) is 2.65. The minimum absolute atomic E-state index is 0.0606. The highest BCUT2D eigenvalue weighted by Gasteiger charge is 2.10. The van der Waals surface area contributed by atoms with Crippen LogP contribution in [-0.4, -0.2) is 16.2 Å². The predicted molar refractivity (Wildman–Crippen MR) is 89.0 cm³/mol. The van der Waals surface area contributed by atoms with Crippen molar-refractivity contribution in [3.63, 3.8) is 0 Å². The smallest absolute Gasteiger partial charge is 0.387 e. The summed E-state index contributed by atoms with van der Waals surface area (Å²) in [5.41, 5.74) is 3.06. The van der Waals surface area contributed by atoms with Crippen LogP contribution < -0.4 is 10.1 Å². The van der Waals surface area contributed by atoms with Crippen LogP contribution >= 0.6 is 0 Å². The maximum absolute atomic E-state index is 12.2. The largest absolute Gasteiger partial charge is 0.435 e. The van der Waals surface area contributed by atoms with E-state index in [1.807, 2.05) is 38.2 Å². The van der Waals surface area contributed by atoms with Crippen molar-refractivity contribution in [1.82, 2.24) is 14.9 Å². The molecule has 0 aliphatic carbocycles. The molecule has 0 saturated carbocycles. The van der Waals surface area contributed by atoms with Gasteiger partial charge in [0.05, 0.1) is 17.6 Å². The lowest BCUT2D eigenvalue weighted by molar-refractivity contribution is -0.0498. The zero-order valence-corrected chi connectivity index (χ0v) is 13.5. The van der Waals surface area contributed by atoms with Gasteiger partial charge >= 0.3 is 6.61 Å². The van der Waals surface area contributed by atoms with Gasteiger partial charge in [-0.05, 0) is 36.8 Å². The molecule has 6 heteroatoms. The number of fused-ring (bicyclic) bond motifs is 1. The molecule has 4 nitrogen and oxygen atoms in total. The van der Waals surface area contributed by atoms with Gasteiger partial charge in [0, 0.05) is 13.1 Å². The van der Waals surface area contributed by atoms with Crippen LogP contribution in [0.1, 0.15) is 24.4 Å². The summed E-state index contributed by atoms with van der Waals surface area (Å²) in [5.74, 6) is 1.11. The summed E-state index contributed by atoms with van der Waals surface area (Å²) in [5, 5.41) is 3.40. The monoisotopic (exact) mass is 331 g/mol. The number of nitrogens with zero attached hydrogens (tertiary/aromatic N) is 2. The van der Waals surface area contributed by atoms with Crippen molar-refractivity contribution < 1.29 is 13.5 Å². The zero-order chi connectivity index (χ0) is 17.1. The summed E-state index contributed by atoms with van der Waals surface area (Å²) in [4.78, 5) is 4.62. The van der Waals surface area contributed by atoms with Crippen molar-refractivity contribution >= 4 is 11.0 Å². The lowest BCUT2D eigenvalue weighted by Gasteiger charge is -2.15. The molecule has 0 spiro atoms. The van der Waals surface area contributed by atoms with Crippen molar-refractivity contribution in [2.45, 2.75) is 26.1 Å². The van der Waals surface area contributed by atoms with Gasteiger partial charge in [-0.25, -0.2) is 4.98 Å². The van der Waals surface area contributed by atoms with Crippen LogP contribution in [0.2, 0.25) is 0 Å². The highest BCUT2D eigenvalue weighted by molar-refractivity contribution is 5.75. The molecule has 0 aliphatic heterocycles. The number of benzene rings is 2. The molecule has 1 atom stereocenters. The minimum Gasteiger partial charge on any atom is -0.435 e. The first kappa shape index (κ1) is 16.4. The summed E-state index contributed by atoms with van der Waals surface area (Å²) in [6.07, 6.45) is 0. The number of hydrogen-bond donors (Lipinski definition) is 1. The maximum Gasteiger partial charge on any atom is 0.387 e. The van der Waals surface area contributed by atoms with Crippen LogP contribution in [0.5, 0.6) is 5.75 Å². The van der Waals surface area contributed by atoms with Gasteiger partial charge in [-0.1, -0.05) is 24.3 Å². The number of alkyl halides is 2. The Morgan fingerprint density at radius 2 is 1.83 bits per heavy atom. The second kappa shape index (κ2) is 6.97. The summed E-state index contributed by atoms with van der Waals surface area (Å²) in [7, 11) is 1.99. The fourth-order valence-electron chi connectivity index (χ4n) is 2.65. The number of aryl methyl sites for hydroxylation is 1. The van der Waals surface area contributed by atoms with Crippen LogP contribution in [0.25, 0.3) is 11.0 Å². The standard InChI is InChI=1S/C18H19F2N3O/c1-12(13-7-9-14(10-8-13)24-18(19)20)21-11-17-22-15-5-3-4-6-16(15)23(17)2/h3-10,12,18,21H,11H2,1-2H3/t12-/m1/s1. The third kappa shape index (κ3) is 3.54. The SMILES string of the molecule is C[C@@H](NCc1nc2ccccc2n1C)c1ccc(OC(F)F)cc1. The van der Waals surface area contributed by atoms with Crippen LogP contribution in [0.3, 0.4) is 0 Å². The molecule has 1 aromatic heterocycles. The first-order valence-corrected chi connectivity index (χ1v) is 7.73. The van der Waals surface area contributed by atoms with Gasteiger partial charge in [0.15, 0.2) is 0 Å². The van der Waals surface area contributed by atoms with Crippen LogP contribution in [0.15, 0.2) is 48.5 Å². The Morgan fingerprint density at radius 3 is 2.50 bits per heavy atom. The Balaban J connectivity index is 1.66. The molecule has 1 N–H and O–H groups in total. The molecule has 0 unspecified atom stereocenters. The normalized spacial score (nSPS) is 12.7. The molecule has 0 saturated heterocycles. The number of para-hydroxylation sites is 2. The van der Waals surface area contributed by atoms with E-state index in [2.05, 4.69) is 19.6 Å². The van der Waals surface area contributed by atoms with E-state index in [-0.39, 0.29) is 11.8 Å². The van der Waals surface area contributed by atoms with Gasteiger partial charge in [0.1, 0.15) is 11.6 Å². The van der Waals surface area contributed by atoms with Crippen LogP contribution in [0.4, 0.5) is 8.78 Å². The highest BCUT2D eigenvalue weighted by atomic mass is 19.3. The van der Waals surface area contributed by atoms with Crippen LogP contribution in [-0.2, 0) is 13.6 Å². The number of aromatic nitrogens is 2. The van der Waals surface area contributed by atoms with E-state index in [1.54, 1.807) is 24.3 Å².